The zero-order chi connectivity index (χ0) is 15.2. The third-order valence-electron chi connectivity index (χ3n) is 3.95. The molecule has 0 aliphatic carbocycles. The van der Waals surface area contributed by atoms with Gasteiger partial charge in [-0.15, -0.1) is 0 Å². The lowest BCUT2D eigenvalue weighted by molar-refractivity contribution is 0.390. The summed E-state index contributed by atoms with van der Waals surface area (Å²) in [5, 5.41) is 3.78. The number of fused-ring (bicyclic) bond motifs is 1. The predicted molar refractivity (Wildman–Crippen MR) is 79.9 cm³/mol. The third-order valence-corrected chi connectivity index (χ3v) is 6.12. The van der Waals surface area contributed by atoms with Gasteiger partial charge in [0.25, 0.3) is 10.0 Å². The van der Waals surface area contributed by atoms with E-state index in [2.05, 4.69) is 5.16 Å². The van der Waals surface area contributed by atoms with Crippen LogP contribution in [0.4, 0.5) is 5.69 Å². The van der Waals surface area contributed by atoms with E-state index in [4.69, 9.17) is 4.52 Å². The van der Waals surface area contributed by atoms with Crippen molar-refractivity contribution < 1.29 is 12.9 Å². The zero-order valence-electron chi connectivity index (χ0n) is 12.3. The Balaban J connectivity index is 2.20. The molecule has 0 bridgehead atoms. The highest BCUT2D eigenvalue weighted by Crippen LogP contribution is 2.36. The molecule has 0 amide bonds. The van der Waals surface area contributed by atoms with Crippen molar-refractivity contribution in [3.05, 3.63) is 41.3 Å². The average Bonchev–Trinajstić information content (AvgIpc) is 2.78. The van der Waals surface area contributed by atoms with Gasteiger partial charge in [-0.05, 0) is 45.2 Å². The van der Waals surface area contributed by atoms with Crippen LogP contribution in [0.3, 0.4) is 0 Å². The Bertz CT molecular complexity index is 760. The van der Waals surface area contributed by atoms with E-state index in [9.17, 15) is 8.42 Å². The molecule has 21 heavy (non-hydrogen) atoms. The van der Waals surface area contributed by atoms with Gasteiger partial charge in [0, 0.05) is 6.04 Å². The maximum absolute atomic E-state index is 13.1. The minimum Gasteiger partial charge on any atom is -0.360 e. The molecule has 0 fully saturated rings. The van der Waals surface area contributed by atoms with Gasteiger partial charge < -0.3 is 4.52 Å². The Morgan fingerprint density at radius 2 is 2.00 bits per heavy atom. The zero-order valence-corrected chi connectivity index (χ0v) is 13.1. The molecule has 6 heteroatoms. The van der Waals surface area contributed by atoms with Crippen molar-refractivity contribution in [1.29, 1.82) is 0 Å². The number of rotatable bonds is 2. The van der Waals surface area contributed by atoms with Gasteiger partial charge in [0.05, 0.1) is 5.69 Å². The van der Waals surface area contributed by atoms with Gasteiger partial charge in [-0.3, -0.25) is 4.31 Å². The predicted octanol–water partition coefficient (Wildman–Crippen LogP) is 2.82. The van der Waals surface area contributed by atoms with Crippen LogP contribution in [-0.2, 0) is 16.4 Å². The lowest BCUT2D eigenvalue weighted by atomic mass is 9.99. The van der Waals surface area contributed by atoms with Gasteiger partial charge in [-0.2, -0.15) is 0 Å². The second kappa shape index (κ2) is 4.87. The van der Waals surface area contributed by atoms with Crippen LogP contribution in [0.5, 0.6) is 0 Å². The van der Waals surface area contributed by atoms with Gasteiger partial charge >= 0.3 is 0 Å². The van der Waals surface area contributed by atoms with Crippen molar-refractivity contribution in [2.24, 2.45) is 0 Å². The number of sulfonamides is 1. The fraction of sp³-hybridized carbons (Fsp3) is 0.400. The summed E-state index contributed by atoms with van der Waals surface area (Å²) in [4.78, 5) is 0.186. The number of aromatic nitrogens is 1. The first-order valence-corrected chi connectivity index (χ1v) is 8.42. The first-order chi connectivity index (χ1) is 9.93. The van der Waals surface area contributed by atoms with E-state index in [1.54, 1.807) is 13.8 Å². The molecule has 1 aliphatic rings. The first kappa shape index (κ1) is 14.1. The molecule has 112 valence electrons. The number of anilines is 1. The van der Waals surface area contributed by atoms with Gasteiger partial charge in [0.15, 0.2) is 10.7 Å². The summed E-state index contributed by atoms with van der Waals surface area (Å²) in [5.41, 5.74) is 2.23. The molecule has 3 rings (SSSR count). The number of nitrogens with zero attached hydrogens (tertiary/aromatic N) is 2. The number of hydrogen-bond donors (Lipinski definition) is 0. The SMILES string of the molecule is Cc1noc(C)c1S(=O)(=O)N1c2ccccc2CCC1C. The van der Waals surface area contributed by atoms with Crippen LogP contribution in [0, 0.1) is 13.8 Å². The highest BCUT2D eigenvalue weighted by Gasteiger charge is 2.37. The molecule has 1 aliphatic heterocycles. The highest BCUT2D eigenvalue weighted by molar-refractivity contribution is 7.93. The number of benzene rings is 1. The van der Waals surface area contributed by atoms with Gasteiger partial charge in [-0.1, -0.05) is 23.4 Å². The van der Waals surface area contributed by atoms with Crippen LogP contribution in [-0.4, -0.2) is 19.6 Å². The lowest BCUT2D eigenvalue weighted by Crippen LogP contribution is -2.42. The van der Waals surface area contributed by atoms with E-state index < -0.39 is 10.0 Å². The summed E-state index contributed by atoms with van der Waals surface area (Å²) in [6.07, 6.45) is 1.70. The maximum Gasteiger partial charge on any atom is 0.269 e. The first-order valence-electron chi connectivity index (χ1n) is 6.98. The minimum absolute atomic E-state index is 0.0846. The normalized spacial score (nSPS) is 18.6. The number of para-hydroxylation sites is 1. The van der Waals surface area contributed by atoms with Crippen LogP contribution < -0.4 is 4.31 Å². The standard InChI is InChI=1S/C15H18N2O3S/c1-10-8-9-13-6-4-5-7-14(13)17(10)21(18,19)15-11(2)16-20-12(15)3/h4-7,10H,8-9H2,1-3H3. The summed E-state index contributed by atoms with van der Waals surface area (Å²) in [7, 11) is -3.67. The van der Waals surface area contributed by atoms with E-state index in [0.29, 0.717) is 11.5 Å². The molecule has 2 aromatic rings. The van der Waals surface area contributed by atoms with E-state index in [0.717, 1.165) is 24.1 Å². The lowest BCUT2D eigenvalue weighted by Gasteiger charge is -2.35. The molecule has 2 heterocycles. The molecule has 0 saturated carbocycles. The summed E-state index contributed by atoms with van der Waals surface area (Å²) in [6.45, 7) is 5.23. The largest absolute Gasteiger partial charge is 0.360 e. The Hall–Kier alpha value is -1.82. The van der Waals surface area contributed by atoms with Gasteiger partial charge in [0.1, 0.15) is 5.69 Å². The molecule has 1 aromatic heterocycles. The van der Waals surface area contributed by atoms with Crippen molar-refractivity contribution in [3.8, 4) is 0 Å². The van der Waals surface area contributed by atoms with Crippen molar-refractivity contribution in [2.45, 2.75) is 44.6 Å². The maximum atomic E-state index is 13.1. The Morgan fingerprint density at radius 1 is 1.29 bits per heavy atom. The third kappa shape index (κ3) is 2.14. The van der Waals surface area contributed by atoms with Crippen LogP contribution in [0.2, 0.25) is 0 Å². The molecular weight excluding hydrogens is 288 g/mol. The van der Waals surface area contributed by atoms with Crippen molar-refractivity contribution in [1.82, 2.24) is 5.16 Å². The quantitative estimate of drug-likeness (QED) is 0.856. The Labute approximate surface area is 124 Å². The highest BCUT2D eigenvalue weighted by atomic mass is 32.2. The summed E-state index contributed by atoms with van der Waals surface area (Å²) >= 11 is 0. The molecule has 1 aromatic carbocycles. The average molecular weight is 306 g/mol. The summed E-state index contributed by atoms with van der Waals surface area (Å²) < 4.78 is 32.7. The minimum atomic E-state index is -3.67. The molecule has 5 nitrogen and oxygen atoms in total. The van der Waals surface area contributed by atoms with Crippen LogP contribution in [0.1, 0.15) is 30.4 Å². The number of hydrogen-bond acceptors (Lipinski definition) is 4. The van der Waals surface area contributed by atoms with Crippen molar-refractivity contribution >= 4 is 15.7 Å². The Morgan fingerprint density at radius 3 is 2.67 bits per heavy atom. The molecule has 1 unspecified atom stereocenters. The molecular formula is C15H18N2O3S. The van der Waals surface area contributed by atoms with E-state index in [1.807, 2.05) is 31.2 Å². The van der Waals surface area contributed by atoms with Crippen LogP contribution in [0.25, 0.3) is 0 Å². The number of aryl methyl sites for hydroxylation is 3. The smallest absolute Gasteiger partial charge is 0.269 e. The Kier molecular flexibility index (Phi) is 3.28. The monoisotopic (exact) mass is 306 g/mol. The van der Waals surface area contributed by atoms with Crippen molar-refractivity contribution in [3.63, 3.8) is 0 Å². The molecule has 0 saturated heterocycles. The topological polar surface area (TPSA) is 63.4 Å². The molecule has 1 atom stereocenters. The molecule has 0 spiro atoms. The molecule has 0 radical (unpaired) electrons. The van der Waals surface area contributed by atoms with E-state index in [-0.39, 0.29) is 10.9 Å². The fourth-order valence-electron chi connectivity index (χ4n) is 2.96. The van der Waals surface area contributed by atoms with Gasteiger partial charge in [-0.25, -0.2) is 8.42 Å². The van der Waals surface area contributed by atoms with Crippen molar-refractivity contribution in [2.75, 3.05) is 4.31 Å². The van der Waals surface area contributed by atoms with E-state index in [1.165, 1.54) is 4.31 Å². The van der Waals surface area contributed by atoms with E-state index >= 15 is 0 Å². The van der Waals surface area contributed by atoms with Crippen LogP contribution in [0.15, 0.2) is 33.7 Å². The van der Waals surface area contributed by atoms with Crippen LogP contribution >= 0.6 is 0 Å². The second-order valence-corrected chi connectivity index (χ2v) is 7.22. The van der Waals surface area contributed by atoms with Gasteiger partial charge in [0.2, 0.25) is 0 Å². The summed E-state index contributed by atoms with van der Waals surface area (Å²) in [6, 6.07) is 7.57. The summed E-state index contributed by atoms with van der Waals surface area (Å²) in [5.74, 6) is 0.336. The fourth-order valence-corrected chi connectivity index (χ4v) is 4.99. The second-order valence-electron chi connectivity index (χ2n) is 5.47. The molecule has 0 N–H and O–H groups in total.